The Hall–Kier alpha value is -1.27. The van der Waals surface area contributed by atoms with E-state index in [1.54, 1.807) is 13.1 Å². The third kappa shape index (κ3) is 3.24. The summed E-state index contributed by atoms with van der Waals surface area (Å²) >= 11 is 6.68. The minimum absolute atomic E-state index is 0.0883. The molecule has 0 bridgehead atoms. The average Bonchev–Trinajstić information content (AvgIpc) is 2.76. The fourth-order valence-corrected chi connectivity index (χ4v) is 2.53. The van der Waals surface area contributed by atoms with E-state index >= 15 is 0 Å². The molecule has 1 heterocycles. The summed E-state index contributed by atoms with van der Waals surface area (Å²) in [6.45, 7) is 2.46. The average molecular weight is 402 g/mol. The molecule has 0 unspecified atom stereocenters. The SMILES string of the molecule is CNC(=O)c1cccc(NCc2cc(Br)c(Br)o2)c1C. The maximum Gasteiger partial charge on any atom is 0.251 e. The van der Waals surface area contributed by atoms with Crippen LogP contribution in [0.3, 0.4) is 0 Å². The van der Waals surface area contributed by atoms with Crippen LogP contribution >= 0.6 is 31.9 Å². The zero-order valence-corrected chi connectivity index (χ0v) is 14.3. The van der Waals surface area contributed by atoms with Crippen LogP contribution in [0.1, 0.15) is 21.7 Å². The first-order valence-electron chi connectivity index (χ1n) is 6.02. The first-order chi connectivity index (χ1) is 9.52. The summed E-state index contributed by atoms with van der Waals surface area (Å²) in [6.07, 6.45) is 0. The lowest BCUT2D eigenvalue weighted by atomic mass is 10.1. The highest BCUT2D eigenvalue weighted by molar-refractivity contribution is 9.13. The molecule has 2 rings (SSSR count). The number of nitrogens with one attached hydrogen (secondary N) is 2. The number of furan rings is 1. The second kappa shape index (κ2) is 6.45. The van der Waals surface area contributed by atoms with Gasteiger partial charge in [0.2, 0.25) is 0 Å². The van der Waals surface area contributed by atoms with E-state index in [0.717, 1.165) is 21.5 Å². The predicted molar refractivity (Wildman–Crippen MR) is 86.0 cm³/mol. The van der Waals surface area contributed by atoms with Crippen LogP contribution in [0, 0.1) is 6.92 Å². The van der Waals surface area contributed by atoms with Crippen LogP contribution in [0.15, 0.2) is 37.8 Å². The smallest absolute Gasteiger partial charge is 0.251 e. The zero-order chi connectivity index (χ0) is 14.7. The Labute approximate surface area is 134 Å². The summed E-state index contributed by atoms with van der Waals surface area (Å²) in [7, 11) is 1.62. The molecular formula is C14H14Br2N2O2. The van der Waals surface area contributed by atoms with Crippen molar-refractivity contribution in [2.75, 3.05) is 12.4 Å². The molecule has 106 valence electrons. The Kier molecular flexibility index (Phi) is 4.88. The first-order valence-corrected chi connectivity index (χ1v) is 7.60. The topological polar surface area (TPSA) is 54.3 Å². The van der Waals surface area contributed by atoms with Gasteiger partial charge in [0.05, 0.1) is 11.0 Å². The van der Waals surface area contributed by atoms with Gasteiger partial charge in [0, 0.05) is 18.3 Å². The molecule has 1 amide bonds. The fourth-order valence-electron chi connectivity index (χ4n) is 1.87. The molecule has 0 fully saturated rings. The molecule has 2 aromatic rings. The van der Waals surface area contributed by atoms with E-state index in [1.165, 1.54) is 0 Å². The van der Waals surface area contributed by atoms with Crippen molar-refractivity contribution in [2.24, 2.45) is 0 Å². The molecule has 6 heteroatoms. The second-order valence-corrected chi connectivity index (χ2v) is 5.82. The number of hydrogen-bond donors (Lipinski definition) is 2. The summed E-state index contributed by atoms with van der Waals surface area (Å²) < 4.78 is 7.05. The van der Waals surface area contributed by atoms with Crippen molar-refractivity contribution < 1.29 is 9.21 Å². The van der Waals surface area contributed by atoms with Gasteiger partial charge in [-0.25, -0.2) is 0 Å². The molecule has 0 spiro atoms. The minimum Gasteiger partial charge on any atom is -0.451 e. The van der Waals surface area contributed by atoms with Gasteiger partial charge in [-0.05, 0) is 62.5 Å². The maximum absolute atomic E-state index is 11.7. The van der Waals surface area contributed by atoms with Crippen molar-refractivity contribution in [3.63, 3.8) is 0 Å². The van der Waals surface area contributed by atoms with Crippen LogP contribution in [0.2, 0.25) is 0 Å². The molecule has 0 aliphatic rings. The molecule has 1 aromatic heterocycles. The van der Waals surface area contributed by atoms with E-state index in [-0.39, 0.29) is 5.91 Å². The lowest BCUT2D eigenvalue weighted by Gasteiger charge is -2.11. The van der Waals surface area contributed by atoms with E-state index in [9.17, 15) is 4.79 Å². The maximum atomic E-state index is 11.7. The highest BCUT2D eigenvalue weighted by Crippen LogP contribution is 2.27. The van der Waals surface area contributed by atoms with E-state index in [4.69, 9.17) is 4.42 Å². The van der Waals surface area contributed by atoms with Crippen molar-refractivity contribution in [2.45, 2.75) is 13.5 Å². The number of carbonyl (C=O) groups is 1. The van der Waals surface area contributed by atoms with Crippen molar-refractivity contribution >= 4 is 43.5 Å². The van der Waals surface area contributed by atoms with Crippen molar-refractivity contribution in [3.05, 3.63) is 50.3 Å². The number of benzene rings is 1. The van der Waals surface area contributed by atoms with Crippen LogP contribution in [0.4, 0.5) is 5.69 Å². The summed E-state index contributed by atoms with van der Waals surface area (Å²) in [5.41, 5.74) is 2.49. The molecule has 0 saturated heterocycles. The Morgan fingerprint density at radius 1 is 1.35 bits per heavy atom. The number of carbonyl (C=O) groups excluding carboxylic acids is 1. The quantitative estimate of drug-likeness (QED) is 0.811. The molecule has 2 N–H and O–H groups in total. The second-order valence-electron chi connectivity index (χ2n) is 4.25. The molecule has 20 heavy (non-hydrogen) atoms. The molecule has 0 saturated carbocycles. The van der Waals surface area contributed by atoms with Gasteiger partial charge in [-0.15, -0.1) is 0 Å². The number of amides is 1. The molecule has 0 aliphatic heterocycles. The summed E-state index contributed by atoms with van der Waals surface area (Å²) in [5, 5.41) is 5.91. The first kappa shape index (κ1) is 15.1. The van der Waals surface area contributed by atoms with Gasteiger partial charge in [-0.3, -0.25) is 4.79 Å². The lowest BCUT2D eigenvalue weighted by molar-refractivity contribution is 0.0962. The van der Waals surface area contributed by atoms with Crippen LogP contribution in [-0.2, 0) is 6.54 Å². The third-order valence-corrected chi connectivity index (χ3v) is 4.66. The van der Waals surface area contributed by atoms with Gasteiger partial charge >= 0.3 is 0 Å². The van der Waals surface area contributed by atoms with Crippen molar-refractivity contribution in [1.29, 1.82) is 0 Å². The Balaban J connectivity index is 2.15. The summed E-state index contributed by atoms with van der Waals surface area (Å²) in [6, 6.07) is 7.50. The van der Waals surface area contributed by atoms with Crippen molar-refractivity contribution in [3.8, 4) is 0 Å². The van der Waals surface area contributed by atoms with Crippen LogP contribution in [-0.4, -0.2) is 13.0 Å². The van der Waals surface area contributed by atoms with Gasteiger partial charge in [0.15, 0.2) is 4.67 Å². The third-order valence-electron chi connectivity index (χ3n) is 2.95. The standard InChI is InChI=1S/C14H14Br2N2O2/c1-8-10(14(19)17-2)4-3-5-12(8)18-7-9-6-11(15)13(16)20-9/h3-6,18H,7H2,1-2H3,(H,17,19). The number of halogens is 2. The molecule has 0 radical (unpaired) electrons. The number of anilines is 1. The Bertz CT molecular complexity index is 619. The van der Waals surface area contributed by atoms with E-state index < -0.39 is 0 Å². The van der Waals surface area contributed by atoms with Gasteiger partial charge in [-0.1, -0.05) is 6.07 Å². The van der Waals surface area contributed by atoms with E-state index in [0.29, 0.717) is 16.8 Å². The highest BCUT2D eigenvalue weighted by Gasteiger charge is 2.11. The lowest BCUT2D eigenvalue weighted by Crippen LogP contribution is -2.19. The highest BCUT2D eigenvalue weighted by atomic mass is 79.9. The summed E-state index contributed by atoms with van der Waals surface area (Å²) in [5.74, 6) is 0.711. The Morgan fingerprint density at radius 3 is 2.70 bits per heavy atom. The van der Waals surface area contributed by atoms with E-state index in [1.807, 2.05) is 25.1 Å². The monoisotopic (exact) mass is 400 g/mol. The molecule has 4 nitrogen and oxygen atoms in total. The minimum atomic E-state index is -0.0883. The van der Waals surface area contributed by atoms with Gasteiger partial charge < -0.3 is 15.1 Å². The largest absolute Gasteiger partial charge is 0.451 e. The van der Waals surface area contributed by atoms with Crippen LogP contribution in [0.5, 0.6) is 0 Å². The number of hydrogen-bond acceptors (Lipinski definition) is 3. The van der Waals surface area contributed by atoms with Gasteiger partial charge in [-0.2, -0.15) is 0 Å². The normalized spacial score (nSPS) is 10.4. The van der Waals surface area contributed by atoms with Gasteiger partial charge in [0.25, 0.3) is 5.91 Å². The number of rotatable bonds is 4. The Morgan fingerprint density at radius 2 is 2.10 bits per heavy atom. The predicted octanol–water partition coefficient (Wildman–Crippen LogP) is 4.08. The van der Waals surface area contributed by atoms with Crippen molar-refractivity contribution in [1.82, 2.24) is 5.32 Å². The van der Waals surface area contributed by atoms with Crippen LogP contribution in [0.25, 0.3) is 0 Å². The molecule has 1 aromatic carbocycles. The van der Waals surface area contributed by atoms with Gasteiger partial charge in [0.1, 0.15) is 5.76 Å². The molecular weight excluding hydrogens is 388 g/mol. The summed E-state index contributed by atoms with van der Waals surface area (Å²) in [4.78, 5) is 11.7. The fraction of sp³-hybridized carbons (Fsp3) is 0.214. The molecule has 0 atom stereocenters. The molecule has 0 aliphatic carbocycles. The van der Waals surface area contributed by atoms with Crippen LogP contribution < -0.4 is 10.6 Å². The zero-order valence-electron chi connectivity index (χ0n) is 11.1. The van der Waals surface area contributed by atoms with E-state index in [2.05, 4.69) is 42.5 Å².